The van der Waals surface area contributed by atoms with Crippen LogP contribution in [0.4, 0.5) is 26.3 Å². The van der Waals surface area contributed by atoms with Crippen LogP contribution in [0.3, 0.4) is 0 Å². The molecule has 4 aromatic rings. The number of aryl methyl sites for hydroxylation is 1. The lowest BCUT2D eigenvalue weighted by atomic mass is 9.96. The molecule has 6 heteroatoms. The van der Waals surface area contributed by atoms with Gasteiger partial charge >= 0.3 is 0 Å². The van der Waals surface area contributed by atoms with Crippen LogP contribution in [0.2, 0.25) is 0 Å². The first kappa shape index (κ1) is 21.0. The van der Waals surface area contributed by atoms with Crippen molar-refractivity contribution < 1.29 is 26.3 Å². The highest BCUT2D eigenvalue weighted by molar-refractivity contribution is 5.89. The lowest BCUT2D eigenvalue weighted by Gasteiger charge is -2.11. The van der Waals surface area contributed by atoms with Crippen LogP contribution in [0.1, 0.15) is 18.9 Å². The van der Waals surface area contributed by atoms with Crippen molar-refractivity contribution in [2.75, 3.05) is 0 Å². The first-order valence-electron chi connectivity index (χ1n) is 9.65. The summed E-state index contributed by atoms with van der Waals surface area (Å²) in [4.78, 5) is 0. The minimum Gasteiger partial charge on any atom is -0.206 e. The van der Waals surface area contributed by atoms with Crippen molar-refractivity contribution in [2.45, 2.75) is 19.8 Å². The van der Waals surface area contributed by atoms with Crippen LogP contribution in [0.5, 0.6) is 0 Å². The lowest BCUT2D eigenvalue weighted by Crippen LogP contribution is -1.96. The van der Waals surface area contributed by atoms with Gasteiger partial charge in [0.2, 0.25) is 0 Å². The summed E-state index contributed by atoms with van der Waals surface area (Å²) in [6, 6.07) is 11.3. The van der Waals surface area contributed by atoms with Crippen LogP contribution in [0.25, 0.3) is 33.0 Å². The van der Waals surface area contributed by atoms with E-state index < -0.39 is 40.3 Å². The van der Waals surface area contributed by atoms with Gasteiger partial charge in [-0.2, -0.15) is 0 Å². The summed E-state index contributed by atoms with van der Waals surface area (Å²) < 4.78 is 84.7. The molecule has 0 saturated heterocycles. The maximum absolute atomic E-state index is 14.9. The van der Waals surface area contributed by atoms with E-state index in [-0.39, 0.29) is 22.1 Å². The minimum absolute atomic E-state index is 0.0122. The molecule has 31 heavy (non-hydrogen) atoms. The monoisotopic (exact) mass is 430 g/mol. The summed E-state index contributed by atoms with van der Waals surface area (Å²) in [5.74, 6) is -7.29. The fourth-order valence-corrected chi connectivity index (χ4v) is 3.70. The molecule has 0 bridgehead atoms. The Morgan fingerprint density at radius 3 is 1.90 bits per heavy atom. The molecule has 158 valence electrons. The van der Waals surface area contributed by atoms with Crippen molar-refractivity contribution in [3.05, 3.63) is 95.1 Å². The second-order valence-electron chi connectivity index (χ2n) is 7.30. The molecule has 0 saturated carbocycles. The first-order valence-corrected chi connectivity index (χ1v) is 9.65. The van der Waals surface area contributed by atoms with E-state index in [1.165, 1.54) is 24.3 Å². The summed E-state index contributed by atoms with van der Waals surface area (Å²) in [7, 11) is 0. The smallest absolute Gasteiger partial charge is 0.195 e. The Morgan fingerprint density at radius 2 is 1.23 bits per heavy atom. The molecule has 0 amide bonds. The van der Waals surface area contributed by atoms with Crippen molar-refractivity contribution in [3.8, 4) is 22.3 Å². The van der Waals surface area contributed by atoms with Gasteiger partial charge in [-0.15, -0.1) is 0 Å². The predicted octanol–water partition coefficient (Wildman–Crippen LogP) is 7.96. The average molecular weight is 430 g/mol. The van der Waals surface area contributed by atoms with Crippen molar-refractivity contribution >= 4 is 10.8 Å². The van der Waals surface area contributed by atoms with Crippen LogP contribution in [0.15, 0.2) is 54.6 Å². The van der Waals surface area contributed by atoms with Crippen LogP contribution < -0.4 is 0 Å². The first-order chi connectivity index (χ1) is 14.8. The van der Waals surface area contributed by atoms with E-state index in [9.17, 15) is 26.3 Å². The molecular formula is C25H16F6. The van der Waals surface area contributed by atoms with Gasteiger partial charge < -0.3 is 0 Å². The molecule has 0 aliphatic heterocycles. The average Bonchev–Trinajstić information content (AvgIpc) is 2.72. The molecule has 0 aromatic heterocycles. The van der Waals surface area contributed by atoms with E-state index in [1.807, 2.05) is 6.92 Å². The molecule has 0 fully saturated rings. The summed E-state index contributed by atoms with van der Waals surface area (Å²) in [5.41, 5.74) is 1.32. The molecule has 0 aliphatic carbocycles. The summed E-state index contributed by atoms with van der Waals surface area (Å²) in [6.07, 6.45) is 1.59. The van der Waals surface area contributed by atoms with Gasteiger partial charge in [0, 0.05) is 11.1 Å². The van der Waals surface area contributed by atoms with Crippen LogP contribution in [-0.4, -0.2) is 0 Å². The molecule has 0 unspecified atom stereocenters. The largest absolute Gasteiger partial charge is 0.206 e. The predicted molar refractivity (Wildman–Crippen MR) is 109 cm³/mol. The minimum atomic E-state index is -1.78. The maximum Gasteiger partial charge on any atom is 0.195 e. The fourth-order valence-electron chi connectivity index (χ4n) is 3.70. The van der Waals surface area contributed by atoms with Gasteiger partial charge in [0.1, 0.15) is 17.5 Å². The van der Waals surface area contributed by atoms with E-state index in [0.717, 1.165) is 30.5 Å². The van der Waals surface area contributed by atoms with Crippen molar-refractivity contribution in [1.82, 2.24) is 0 Å². The van der Waals surface area contributed by atoms with E-state index in [2.05, 4.69) is 0 Å². The highest BCUT2D eigenvalue weighted by atomic mass is 19.2. The van der Waals surface area contributed by atoms with E-state index in [4.69, 9.17) is 0 Å². The van der Waals surface area contributed by atoms with Crippen LogP contribution in [0, 0.1) is 34.9 Å². The molecule has 0 heterocycles. The summed E-state index contributed by atoms with van der Waals surface area (Å²) >= 11 is 0. The van der Waals surface area contributed by atoms with Gasteiger partial charge in [-0.1, -0.05) is 37.6 Å². The van der Waals surface area contributed by atoms with E-state index in [1.54, 1.807) is 12.1 Å². The Balaban J connectivity index is 1.78. The van der Waals surface area contributed by atoms with Gasteiger partial charge in [-0.05, 0) is 58.8 Å². The second-order valence-corrected chi connectivity index (χ2v) is 7.30. The number of rotatable bonds is 4. The number of fused-ring (bicyclic) bond motifs is 1. The molecule has 4 rings (SSSR count). The van der Waals surface area contributed by atoms with Gasteiger partial charge in [0.05, 0.1) is 5.39 Å². The van der Waals surface area contributed by atoms with Gasteiger partial charge in [-0.3, -0.25) is 0 Å². The standard InChI is InChI=1S/C25H16F6/c1-2-3-13-4-6-17(19(26)8-13)14-5-7-18(20(27)10-14)15-9-16-12-22(29)24(30)25(31)23(16)21(28)11-15/h4-12H,2-3H2,1H3. The third-order valence-corrected chi connectivity index (χ3v) is 5.19. The van der Waals surface area contributed by atoms with Gasteiger partial charge in [0.15, 0.2) is 17.5 Å². The molecule has 4 aromatic carbocycles. The third kappa shape index (κ3) is 3.78. The molecule has 0 atom stereocenters. The highest BCUT2D eigenvalue weighted by Gasteiger charge is 2.19. The SMILES string of the molecule is CCCc1ccc(-c2ccc(-c3cc(F)c4c(F)c(F)c(F)cc4c3)c(F)c2)c(F)c1. The molecule has 0 aliphatic rings. The molecular weight excluding hydrogens is 414 g/mol. The number of hydrogen-bond acceptors (Lipinski definition) is 0. The normalized spacial score (nSPS) is 11.3. The second kappa shape index (κ2) is 8.10. The zero-order chi connectivity index (χ0) is 22.3. The Morgan fingerprint density at radius 1 is 0.581 bits per heavy atom. The fraction of sp³-hybridized carbons (Fsp3) is 0.120. The molecule has 0 radical (unpaired) electrons. The van der Waals surface area contributed by atoms with Gasteiger partial charge in [-0.25, -0.2) is 26.3 Å². The Hall–Kier alpha value is -3.28. The Kier molecular flexibility index (Phi) is 5.48. The third-order valence-electron chi connectivity index (χ3n) is 5.19. The number of halogens is 6. The van der Waals surface area contributed by atoms with Crippen molar-refractivity contribution in [2.24, 2.45) is 0 Å². The summed E-state index contributed by atoms with van der Waals surface area (Å²) in [5, 5.41) is -0.957. The van der Waals surface area contributed by atoms with Crippen molar-refractivity contribution in [3.63, 3.8) is 0 Å². The van der Waals surface area contributed by atoms with E-state index >= 15 is 0 Å². The van der Waals surface area contributed by atoms with Crippen LogP contribution in [-0.2, 0) is 6.42 Å². The molecule has 0 spiro atoms. The van der Waals surface area contributed by atoms with Gasteiger partial charge in [0.25, 0.3) is 0 Å². The number of benzene rings is 4. The maximum atomic E-state index is 14.9. The Labute approximate surface area is 174 Å². The summed E-state index contributed by atoms with van der Waals surface area (Å²) in [6.45, 7) is 1.98. The lowest BCUT2D eigenvalue weighted by molar-refractivity contribution is 0.451. The highest BCUT2D eigenvalue weighted by Crippen LogP contribution is 2.34. The van der Waals surface area contributed by atoms with Crippen LogP contribution >= 0.6 is 0 Å². The van der Waals surface area contributed by atoms with E-state index in [0.29, 0.717) is 11.6 Å². The van der Waals surface area contributed by atoms with Crippen molar-refractivity contribution in [1.29, 1.82) is 0 Å². The Bertz CT molecular complexity index is 1310. The zero-order valence-electron chi connectivity index (χ0n) is 16.4. The topological polar surface area (TPSA) is 0 Å². The number of hydrogen-bond donors (Lipinski definition) is 0. The zero-order valence-corrected chi connectivity index (χ0v) is 16.4. The molecule has 0 N–H and O–H groups in total. The molecule has 0 nitrogen and oxygen atoms in total. The quantitative estimate of drug-likeness (QED) is 0.228.